The minimum Gasteiger partial charge on any atom is -0.464 e. The molecule has 3 N–H and O–H groups in total. The SMILES string of the molecule is CCO[C@@H]1OC(C(=O)NCCNc2ccc([N+](=O)[O-])cn2)=C[C@H](c2coc3ccccc3c2=O)[C@H]1CCCO. The van der Waals surface area contributed by atoms with Crippen molar-refractivity contribution in [2.75, 3.05) is 31.6 Å². The number of hydrogen-bond donors (Lipinski definition) is 3. The number of aliphatic hydroxyl groups excluding tert-OH is 1. The van der Waals surface area contributed by atoms with Crippen molar-refractivity contribution in [2.45, 2.75) is 32.0 Å². The summed E-state index contributed by atoms with van der Waals surface area (Å²) in [5.74, 6) is -0.943. The quantitative estimate of drug-likeness (QED) is 0.177. The van der Waals surface area contributed by atoms with Crippen LogP contribution in [0.25, 0.3) is 11.0 Å². The van der Waals surface area contributed by atoms with Gasteiger partial charge in [-0.25, -0.2) is 4.98 Å². The third kappa shape index (κ3) is 6.59. The molecular weight excluding hydrogens is 508 g/mol. The van der Waals surface area contributed by atoms with Crippen molar-refractivity contribution in [1.82, 2.24) is 10.3 Å². The number of carbonyl (C=O) groups is 1. The molecule has 206 valence electrons. The van der Waals surface area contributed by atoms with Gasteiger partial charge >= 0.3 is 0 Å². The highest BCUT2D eigenvalue weighted by Gasteiger charge is 2.39. The van der Waals surface area contributed by atoms with Crippen LogP contribution in [-0.4, -0.2) is 53.5 Å². The number of carbonyl (C=O) groups excluding carboxylic acids is 1. The van der Waals surface area contributed by atoms with Gasteiger partial charge in [-0.05, 0) is 44.0 Å². The Balaban J connectivity index is 1.53. The van der Waals surface area contributed by atoms with E-state index in [1.165, 1.54) is 18.4 Å². The van der Waals surface area contributed by atoms with Gasteiger partial charge in [0.2, 0.25) is 6.29 Å². The van der Waals surface area contributed by atoms with Crippen LogP contribution in [0.1, 0.15) is 31.2 Å². The van der Waals surface area contributed by atoms with Gasteiger partial charge in [0.15, 0.2) is 11.2 Å². The molecule has 1 aliphatic rings. The molecule has 4 rings (SSSR count). The molecule has 0 saturated carbocycles. The molecule has 0 bridgehead atoms. The van der Waals surface area contributed by atoms with Gasteiger partial charge in [0, 0.05) is 49.8 Å². The molecular formula is C27H30N4O8. The maximum Gasteiger partial charge on any atom is 0.287 e. The standard InChI is InChI=1S/C27H30N4O8/c1-2-37-27-18(7-5-13-32)20(21-16-38-22-8-4-3-6-19(22)25(21)33)14-23(39-27)26(34)29-12-11-28-24-10-9-17(15-30-24)31(35)36/h3-4,6,8-10,14-16,18,20,27,32H,2,5,7,11-13H2,1H3,(H,28,30)(H,29,34)/t18-,20+,27-/m1/s1. The molecule has 0 spiro atoms. The average molecular weight is 539 g/mol. The highest BCUT2D eigenvalue weighted by Crippen LogP contribution is 2.38. The number of allylic oxidation sites excluding steroid dienone is 1. The number of benzene rings is 1. The largest absolute Gasteiger partial charge is 0.464 e. The third-order valence-electron chi connectivity index (χ3n) is 6.38. The van der Waals surface area contributed by atoms with Crippen molar-refractivity contribution >= 4 is 28.4 Å². The van der Waals surface area contributed by atoms with Gasteiger partial charge in [0.05, 0.1) is 16.6 Å². The van der Waals surface area contributed by atoms with Crippen LogP contribution in [0.2, 0.25) is 0 Å². The van der Waals surface area contributed by atoms with Crippen LogP contribution in [0.4, 0.5) is 11.5 Å². The lowest BCUT2D eigenvalue weighted by molar-refractivity contribution is -0.385. The lowest BCUT2D eigenvalue weighted by atomic mass is 9.81. The van der Waals surface area contributed by atoms with Crippen LogP contribution in [0, 0.1) is 16.0 Å². The normalized spacial score (nSPS) is 18.7. The molecule has 0 saturated heterocycles. The van der Waals surface area contributed by atoms with Gasteiger partial charge < -0.3 is 29.6 Å². The Morgan fingerprint density at radius 3 is 2.77 bits per heavy atom. The second kappa shape index (κ2) is 13.0. The molecule has 1 amide bonds. The zero-order valence-corrected chi connectivity index (χ0v) is 21.4. The van der Waals surface area contributed by atoms with Gasteiger partial charge in [0.1, 0.15) is 17.6 Å². The van der Waals surface area contributed by atoms with E-state index in [-0.39, 0.29) is 35.9 Å². The van der Waals surface area contributed by atoms with Gasteiger partial charge in [0.25, 0.3) is 11.6 Å². The number of pyridine rings is 1. The Hall–Kier alpha value is -4.29. The molecule has 12 nitrogen and oxygen atoms in total. The lowest BCUT2D eigenvalue weighted by Gasteiger charge is -2.36. The predicted octanol–water partition coefficient (Wildman–Crippen LogP) is 3.07. The first-order valence-electron chi connectivity index (χ1n) is 12.7. The first-order valence-corrected chi connectivity index (χ1v) is 12.7. The Kier molecular flexibility index (Phi) is 9.23. The number of nitro groups is 1. The number of hydrogen-bond acceptors (Lipinski definition) is 10. The van der Waals surface area contributed by atoms with Crippen LogP contribution < -0.4 is 16.1 Å². The molecule has 3 aromatic rings. The number of anilines is 1. The van der Waals surface area contributed by atoms with Crippen molar-refractivity contribution in [1.29, 1.82) is 0 Å². The van der Waals surface area contributed by atoms with Crippen LogP contribution in [0.3, 0.4) is 0 Å². The van der Waals surface area contributed by atoms with Crippen molar-refractivity contribution in [3.63, 3.8) is 0 Å². The van der Waals surface area contributed by atoms with Crippen molar-refractivity contribution in [3.05, 3.63) is 86.6 Å². The molecule has 3 heterocycles. The minimum atomic E-state index is -0.814. The van der Waals surface area contributed by atoms with Crippen LogP contribution in [0.5, 0.6) is 0 Å². The molecule has 12 heteroatoms. The highest BCUT2D eigenvalue weighted by molar-refractivity contribution is 5.91. The van der Waals surface area contributed by atoms with E-state index >= 15 is 0 Å². The summed E-state index contributed by atoms with van der Waals surface area (Å²) in [6.45, 7) is 2.59. The van der Waals surface area contributed by atoms with E-state index in [0.29, 0.717) is 48.3 Å². The van der Waals surface area contributed by atoms with Gasteiger partial charge in [-0.15, -0.1) is 0 Å². The van der Waals surface area contributed by atoms with E-state index in [1.54, 1.807) is 30.3 Å². The first kappa shape index (κ1) is 27.7. The topological polar surface area (TPSA) is 166 Å². The number of ether oxygens (including phenoxy) is 2. The Labute approximate surface area is 223 Å². The summed E-state index contributed by atoms with van der Waals surface area (Å²) in [6.07, 6.45) is 4.32. The Morgan fingerprint density at radius 1 is 1.23 bits per heavy atom. The number of fused-ring (bicyclic) bond motifs is 1. The van der Waals surface area contributed by atoms with Crippen LogP contribution in [-0.2, 0) is 14.3 Å². The van der Waals surface area contributed by atoms with Crippen molar-refractivity contribution in [3.8, 4) is 0 Å². The molecule has 0 radical (unpaired) electrons. The average Bonchev–Trinajstić information content (AvgIpc) is 2.95. The van der Waals surface area contributed by atoms with Crippen LogP contribution >= 0.6 is 0 Å². The third-order valence-corrected chi connectivity index (χ3v) is 6.38. The Bertz CT molecular complexity index is 1390. The van der Waals surface area contributed by atoms with Gasteiger partial charge in [-0.2, -0.15) is 0 Å². The fourth-order valence-corrected chi connectivity index (χ4v) is 4.50. The number of aliphatic hydroxyl groups is 1. The van der Waals surface area contributed by atoms with Gasteiger partial charge in [-0.3, -0.25) is 19.7 Å². The Morgan fingerprint density at radius 2 is 2.05 bits per heavy atom. The number of aromatic nitrogens is 1. The summed E-state index contributed by atoms with van der Waals surface area (Å²) in [6, 6.07) is 9.76. The van der Waals surface area contributed by atoms with E-state index in [9.17, 15) is 24.8 Å². The van der Waals surface area contributed by atoms with E-state index in [1.807, 2.05) is 6.92 Å². The van der Waals surface area contributed by atoms with Gasteiger partial charge in [-0.1, -0.05) is 12.1 Å². The van der Waals surface area contributed by atoms with E-state index in [2.05, 4.69) is 15.6 Å². The van der Waals surface area contributed by atoms with E-state index in [4.69, 9.17) is 13.9 Å². The monoisotopic (exact) mass is 538 g/mol. The fourth-order valence-electron chi connectivity index (χ4n) is 4.50. The summed E-state index contributed by atoms with van der Waals surface area (Å²) in [5.41, 5.74) is 0.513. The fraction of sp³-hybridized carbons (Fsp3) is 0.370. The number of nitrogens with one attached hydrogen (secondary N) is 2. The number of nitrogens with zero attached hydrogens (tertiary/aromatic N) is 2. The molecule has 1 aromatic carbocycles. The summed E-state index contributed by atoms with van der Waals surface area (Å²) in [7, 11) is 0. The molecule has 0 fully saturated rings. The summed E-state index contributed by atoms with van der Waals surface area (Å²) < 4.78 is 17.5. The predicted molar refractivity (Wildman–Crippen MR) is 142 cm³/mol. The second-order valence-corrected chi connectivity index (χ2v) is 8.89. The minimum absolute atomic E-state index is 0.0136. The van der Waals surface area contributed by atoms with E-state index < -0.39 is 23.0 Å². The summed E-state index contributed by atoms with van der Waals surface area (Å²) >= 11 is 0. The lowest BCUT2D eigenvalue weighted by Crippen LogP contribution is -2.40. The molecule has 2 aromatic heterocycles. The molecule has 0 unspecified atom stereocenters. The smallest absolute Gasteiger partial charge is 0.287 e. The first-order chi connectivity index (χ1) is 18.9. The van der Waals surface area contributed by atoms with Crippen molar-refractivity contribution in [2.24, 2.45) is 5.92 Å². The number of amides is 1. The molecule has 0 aliphatic carbocycles. The maximum absolute atomic E-state index is 13.4. The maximum atomic E-state index is 13.4. The molecule has 3 atom stereocenters. The summed E-state index contributed by atoms with van der Waals surface area (Å²) in [5, 5.41) is 26.4. The van der Waals surface area contributed by atoms with Crippen molar-refractivity contribution < 1.29 is 28.7 Å². The molecule has 39 heavy (non-hydrogen) atoms. The van der Waals surface area contributed by atoms with E-state index in [0.717, 1.165) is 6.20 Å². The molecule has 1 aliphatic heterocycles. The number of rotatable bonds is 12. The zero-order chi connectivity index (χ0) is 27.8. The summed E-state index contributed by atoms with van der Waals surface area (Å²) in [4.78, 5) is 40.7. The number of para-hydroxylation sites is 1. The highest BCUT2D eigenvalue weighted by atomic mass is 16.7. The zero-order valence-electron chi connectivity index (χ0n) is 21.4. The van der Waals surface area contributed by atoms with Crippen LogP contribution in [0.15, 0.2) is 69.9 Å². The second-order valence-electron chi connectivity index (χ2n) is 8.89.